The van der Waals surface area contributed by atoms with Gasteiger partial charge in [0.15, 0.2) is 10.8 Å². The summed E-state index contributed by atoms with van der Waals surface area (Å²) in [6.45, 7) is 6.27. The third kappa shape index (κ3) is 2.97. The third-order valence-corrected chi connectivity index (χ3v) is 2.38. The van der Waals surface area contributed by atoms with Crippen LogP contribution in [0.4, 0.5) is 0 Å². The SMILES string of the molecule is CC(C)(C)c1csc(C(=N)N)n1.Cl. The molecule has 1 aromatic heterocycles. The van der Waals surface area contributed by atoms with E-state index in [2.05, 4.69) is 25.8 Å². The van der Waals surface area contributed by atoms with Crippen LogP contribution in [0.25, 0.3) is 0 Å². The quantitative estimate of drug-likeness (QED) is 0.562. The summed E-state index contributed by atoms with van der Waals surface area (Å²) in [5.41, 5.74) is 6.35. The van der Waals surface area contributed by atoms with Gasteiger partial charge < -0.3 is 5.73 Å². The van der Waals surface area contributed by atoms with E-state index in [4.69, 9.17) is 11.1 Å². The molecule has 0 aromatic carbocycles. The Labute approximate surface area is 88.3 Å². The topological polar surface area (TPSA) is 62.8 Å². The van der Waals surface area contributed by atoms with Gasteiger partial charge in [-0.25, -0.2) is 4.98 Å². The van der Waals surface area contributed by atoms with Crippen molar-refractivity contribution in [3.05, 3.63) is 16.1 Å². The molecule has 0 aliphatic carbocycles. The highest BCUT2D eigenvalue weighted by atomic mass is 35.5. The largest absolute Gasteiger partial charge is 0.382 e. The molecule has 1 rings (SSSR count). The van der Waals surface area contributed by atoms with Crippen molar-refractivity contribution in [1.82, 2.24) is 4.98 Å². The second-order valence-electron chi connectivity index (χ2n) is 3.70. The number of nitrogens with zero attached hydrogens (tertiary/aromatic N) is 1. The van der Waals surface area contributed by atoms with Crippen LogP contribution in [0.1, 0.15) is 31.5 Å². The molecular weight excluding hydrogens is 206 g/mol. The van der Waals surface area contributed by atoms with Gasteiger partial charge in [-0.15, -0.1) is 23.7 Å². The number of hydrogen-bond acceptors (Lipinski definition) is 3. The maximum absolute atomic E-state index is 7.18. The van der Waals surface area contributed by atoms with Crippen LogP contribution in [-0.2, 0) is 5.41 Å². The van der Waals surface area contributed by atoms with Gasteiger partial charge in [0, 0.05) is 10.8 Å². The molecule has 0 aliphatic heterocycles. The molecule has 74 valence electrons. The van der Waals surface area contributed by atoms with E-state index in [9.17, 15) is 0 Å². The van der Waals surface area contributed by atoms with Crippen LogP contribution in [0.5, 0.6) is 0 Å². The molecule has 0 atom stereocenters. The van der Waals surface area contributed by atoms with Gasteiger partial charge in [-0.2, -0.15) is 0 Å². The fourth-order valence-electron chi connectivity index (χ4n) is 0.742. The first-order chi connectivity index (χ1) is 5.41. The van der Waals surface area contributed by atoms with Gasteiger partial charge in [0.2, 0.25) is 0 Å². The standard InChI is InChI=1S/C8H13N3S.ClH/c1-8(2,3)5-4-12-7(11-5)6(9)10;/h4H,1-3H3,(H3,9,10);1H. The Kier molecular flexibility index (Phi) is 3.88. The van der Waals surface area contributed by atoms with Crippen LogP contribution in [0, 0.1) is 5.41 Å². The monoisotopic (exact) mass is 219 g/mol. The Hall–Kier alpha value is -0.610. The first-order valence-corrected chi connectivity index (χ1v) is 4.59. The Balaban J connectivity index is 0.00000144. The van der Waals surface area contributed by atoms with E-state index in [-0.39, 0.29) is 23.7 Å². The second kappa shape index (κ2) is 4.07. The maximum atomic E-state index is 7.18. The van der Waals surface area contributed by atoms with Crippen LogP contribution >= 0.6 is 23.7 Å². The number of nitrogens with two attached hydrogens (primary N) is 1. The van der Waals surface area contributed by atoms with Gasteiger partial charge in [0.1, 0.15) is 0 Å². The van der Waals surface area contributed by atoms with Crippen LogP contribution in [-0.4, -0.2) is 10.8 Å². The lowest BCUT2D eigenvalue weighted by Gasteiger charge is -2.13. The van der Waals surface area contributed by atoms with E-state index in [0.717, 1.165) is 5.69 Å². The molecule has 1 aromatic rings. The van der Waals surface area contributed by atoms with Crippen molar-refractivity contribution in [3.63, 3.8) is 0 Å². The minimum Gasteiger partial charge on any atom is -0.382 e. The summed E-state index contributed by atoms with van der Waals surface area (Å²) in [5.74, 6) is 0.0514. The Morgan fingerprint density at radius 3 is 2.31 bits per heavy atom. The summed E-state index contributed by atoms with van der Waals surface area (Å²) >= 11 is 1.42. The molecule has 1 heterocycles. The predicted octanol–water partition coefficient (Wildman–Crippen LogP) is 2.15. The number of nitrogens with one attached hydrogen (secondary N) is 1. The normalized spacial score (nSPS) is 10.7. The molecule has 0 aliphatic rings. The van der Waals surface area contributed by atoms with Crippen molar-refractivity contribution >= 4 is 29.6 Å². The number of hydrogen-bond donors (Lipinski definition) is 2. The van der Waals surface area contributed by atoms with Gasteiger partial charge in [0.25, 0.3) is 0 Å². The molecule has 0 bridgehead atoms. The number of halogens is 1. The molecule has 3 nitrogen and oxygen atoms in total. The van der Waals surface area contributed by atoms with Gasteiger partial charge in [-0.05, 0) is 0 Å². The number of rotatable bonds is 1. The van der Waals surface area contributed by atoms with E-state index >= 15 is 0 Å². The smallest absolute Gasteiger partial charge is 0.158 e. The zero-order chi connectivity index (χ0) is 9.35. The Morgan fingerprint density at radius 2 is 2.08 bits per heavy atom. The summed E-state index contributed by atoms with van der Waals surface area (Å²) in [6, 6.07) is 0. The molecule has 5 heteroatoms. The number of nitrogen functional groups attached to an aromatic ring is 1. The highest BCUT2D eigenvalue weighted by molar-refractivity contribution is 7.11. The minimum atomic E-state index is 0. The molecule has 0 saturated carbocycles. The molecule has 0 spiro atoms. The molecule has 0 saturated heterocycles. The first-order valence-electron chi connectivity index (χ1n) is 3.71. The highest BCUT2D eigenvalue weighted by Crippen LogP contribution is 2.23. The van der Waals surface area contributed by atoms with Crippen LogP contribution in [0.15, 0.2) is 5.38 Å². The number of thiazole rings is 1. The summed E-state index contributed by atoms with van der Waals surface area (Å²) in [7, 11) is 0. The Bertz CT molecular complexity index is 301. The predicted molar refractivity (Wildman–Crippen MR) is 59.1 cm³/mol. The Morgan fingerprint density at radius 1 is 1.54 bits per heavy atom. The number of aromatic nitrogens is 1. The first kappa shape index (κ1) is 12.4. The van der Waals surface area contributed by atoms with Crippen molar-refractivity contribution in [2.75, 3.05) is 0 Å². The average Bonchev–Trinajstić information content (AvgIpc) is 2.30. The second-order valence-corrected chi connectivity index (χ2v) is 4.56. The summed E-state index contributed by atoms with van der Waals surface area (Å²) in [5, 5.41) is 9.75. The maximum Gasteiger partial charge on any atom is 0.158 e. The van der Waals surface area contributed by atoms with Crippen LogP contribution in [0.2, 0.25) is 0 Å². The van der Waals surface area contributed by atoms with E-state index in [1.165, 1.54) is 11.3 Å². The molecule has 0 amide bonds. The minimum absolute atomic E-state index is 0. The zero-order valence-electron chi connectivity index (χ0n) is 7.92. The van der Waals surface area contributed by atoms with Crippen molar-refractivity contribution in [2.45, 2.75) is 26.2 Å². The fraction of sp³-hybridized carbons (Fsp3) is 0.500. The fourth-order valence-corrected chi connectivity index (χ4v) is 1.65. The molecule has 0 radical (unpaired) electrons. The van der Waals surface area contributed by atoms with Crippen LogP contribution in [0.3, 0.4) is 0 Å². The lowest BCUT2D eigenvalue weighted by Crippen LogP contribution is -2.14. The van der Waals surface area contributed by atoms with Crippen LogP contribution < -0.4 is 5.73 Å². The molecule has 0 fully saturated rings. The van der Waals surface area contributed by atoms with Crippen molar-refractivity contribution in [1.29, 1.82) is 5.41 Å². The van der Waals surface area contributed by atoms with E-state index in [1.54, 1.807) is 0 Å². The van der Waals surface area contributed by atoms with Gasteiger partial charge in [-0.3, -0.25) is 5.41 Å². The summed E-state index contributed by atoms with van der Waals surface area (Å²) in [6.07, 6.45) is 0. The van der Waals surface area contributed by atoms with Crippen molar-refractivity contribution in [3.8, 4) is 0 Å². The van der Waals surface area contributed by atoms with Gasteiger partial charge >= 0.3 is 0 Å². The molecule has 0 unspecified atom stereocenters. The van der Waals surface area contributed by atoms with Crippen molar-refractivity contribution in [2.24, 2.45) is 5.73 Å². The lowest BCUT2D eigenvalue weighted by atomic mass is 9.93. The zero-order valence-corrected chi connectivity index (χ0v) is 9.55. The molecule has 13 heavy (non-hydrogen) atoms. The molecule has 3 N–H and O–H groups in total. The van der Waals surface area contributed by atoms with Crippen molar-refractivity contribution < 1.29 is 0 Å². The summed E-state index contributed by atoms with van der Waals surface area (Å²) in [4.78, 5) is 4.25. The number of amidine groups is 1. The average molecular weight is 220 g/mol. The van der Waals surface area contributed by atoms with Gasteiger partial charge in [0.05, 0.1) is 5.69 Å². The van der Waals surface area contributed by atoms with E-state index in [1.807, 2.05) is 5.38 Å². The summed E-state index contributed by atoms with van der Waals surface area (Å²) < 4.78 is 0. The van der Waals surface area contributed by atoms with Gasteiger partial charge in [-0.1, -0.05) is 20.8 Å². The third-order valence-electron chi connectivity index (χ3n) is 1.50. The van der Waals surface area contributed by atoms with E-state index in [0.29, 0.717) is 5.01 Å². The lowest BCUT2D eigenvalue weighted by molar-refractivity contribution is 0.573. The molecular formula is C8H14ClN3S. The highest BCUT2D eigenvalue weighted by Gasteiger charge is 2.17. The van der Waals surface area contributed by atoms with E-state index < -0.39 is 0 Å².